The molecule has 0 saturated carbocycles. The Hall–Kier alpha value is -1.89. The van der Waals surface area contributed by atoms with E-state index in [0.29, 0.717) is 6.04 Å². The standard InChI is InChI=1S/C25H45N3O4/c1-9-17(5)22(24(30)27(8)21(16(3)4)15-18(6)25(31)32)26-23(29)20-13-11-12-14-28(20)19(7)10-2/h15-17,19-22H,9-14H2,1-8H3,(H,26,29)(H,31,32)/t17-,19?,20?,21+,22-/m0/s1. The number of aliphatic carboxylic acids is 1. The zero-order chi connectivity index (χ0) is 24.6. The van der Waals surface area contributed by atoms with Gasteiger partial charge in [-0.05, 0) is 51.5 Å². The number of likely N-dealkylation sites (N-methyl/N-ethyl adjacent to an activating group) is 1. The predicted molar refractivity (Wildman–Crippen MR) is 128 cm³/mol. The first-order chi connectivity index (χ1) is 15.0. The van der Waals surface area contributed by atoms with Crippen LogP contribution >= 0.6 is 0 Å². The monoisotopic (exact) mass is 451 g/mol. The summed E-state index contributed by atoms with van der Waals surface area (Å²) in [5.41, 5.74) is 0.207. The van der Waals surface area contributed by atoms with Crippen molar-refractivity contribution in [2.45, 2.75) is 105 Å². The fourth-order valence-corrected chi connectivity index (χ4v) is 4.38. The average molecular weight is 452 g/mol. The molecule has 2 N–H and O–H groups in total. The van der Waals surface area contributed by atoms with Crippen LogP contribution in [-0.4, -0.2) is 70.4 Å². The second-order valence-electron chi connectivity index (χ2n) is 9.72. The van der Waals surface area contributed by atoms with Crippen molar-refractivity contribution < 1.29 is 19.5 Å². The molecule has 1 aliphatic heterocycles. The molecule has 7 heteroatoms. The van der Waals surface area contributed by atoms with Gasteiger partial charge in [-0.25, -0.2) is 4.79 Å². The first-order valence-corrected chi connectivity index (χ1v) is 12.2. The van der Waals surface area contributed by atoms with Crippen LogP contribution in [0.15, 0.2) is 11.6 Å². The fraction of sp³-hybridized carbons (Fsp3) is 0.800. The highest BCUT2D eigenvalue weighted by atomic mass is 16.4. The molecule has 1 rings (SSSR count). The third-order valence-electron chi connectivity index (χ3n) is 7.02. The molecule has 0 aromatic heterocycles. The van der Waals surface area contributed by atoms with Crippen molar-refractivity contribution in [3.63, 3.8) is 0 Å². The molecule has 184 valence electrons. The smallest absolute Gasteiger partial charge is 0.331 e. The van der Waals surface area contributed by atoms with E-state index in [1.165, 1.54) is 6.92 Å². The van der Waals surface area contributed by atoms with E-state index in [4.69, 9.17) is 0 Å². The van der Waals surface area contributed by atoms with Crippen LogP contribution in [0.4, 0.5) is 0 Å². The van der Waals surface area contributed by atoms with Gasteiger partial charge in [0.15, 0.2) is 0 Å². The number of nitrogens with one attached hydrogen (secondary N) is 1. The van der Waals surface area contributed by atoms with E-state index in [1.54, 1.807) is 18.0 Å². The Bertz CT molecular complexity index is 676. The van der Waals surface area contributed by atoms with Crippen molar-refractivity contribution in [1.29, 1.82) is 0 Å². The van der Waals surface area contributed by atoms with Crippen molar-refractivity contribution >= 4 is 17.8 Å². The molecular weight excluding hydrogens is 406 g/mol. The molecule has 32 heavy (non-hydrogen) atoms. The molecule has 0 radical (unpaired) electrons. The average Bonchev–Trinajstić information content (AvgIpc) is 2.78. The first kappa shape index (κ1) is 28.1. The minimum atomic E-state index is -0.995. The fourth-order valence-electron chi connectivity index (χ4n) is 4.38. The second-order valence-corrected chi connectivity index (χ2v) is 9.72. The van der Waals surface area contributed by atoms with Crippen LogP contribution in [0, 0.1) is 11.8 Å². The topological polar surface area (TPSA) is 90.0 Å². The highest BCUT2D eigenvalue weighted by molar-refractivity contribution is 5.90. The van der Waals surface area contributed by atoms with E-state index in [0.717, 1.165) is 38.6 Å². The van der Waals surface area contributed by atoms with Crippen LogP contribution < -0.4 is 5.32 Å². The second kappa shape index (κ2) is 13.0. The lowest BCUT2D eigenvalue weighted by atomic mass is 9.93. The normalized spacial score (nSPS) is 21.5. The van der Waals surface area contributed by atoms with Crippen LogP contribution in [0.3, 0.4) is 0 Å². The third kappa shape index (κ3) is 7.32. The minimum absolute atomic E-state index is 0.0331. The molecule has 1 heterocycles. The number of hydrogen-bond donors (Lipinski definition) is 2. The highest BCUT2D eigenvalue weighted by Crippen LogP contribution is 2.23. The Morgan fingerprint density at radius 1 is 1.12 bits per heavy atom. The Labute approximate surface area is 194 Å². The van der Waals surface area contributed by atoms with Gasteiger partial charge >= 0.3 is 5.97 Å². The summed E-state index contributed by atoms with van der Waals surface area (Å²) in [6.07, 6.45) is 6.28. The molecular formula is C25H45N3O4. The van der Waals surface area contributed by atoms with E-state index in [-0.39, 0.29) is 41.3 Å². The number of rotatable bonds is 11. The molecule has 0 aliphatic carbocycles. The van der Waals surface area contributed by atoms with Crippen molar-refractivity contribution in [1.82, 2.24) is 15.1 Å². The molecule has 2 amide bonds. The Balaban J connectivity index is 3.13. The van der Waals surface area contributed by atoms with Gasteiger partial charge < -0.3 is 15.3 Å². The summed E-state index contributed by atoms with van der Waals surface area (Å²) in [7, 11) is 1.70. The first-order valence-electron chi connectivity index (χ1n) is 12.2. The quantitative estimate of drug-likeness (QED) is 0.468. The lowest BCUT2D eigenvalue weighted by molar-refractivity contribution is -0.140. The van der Waals surface area contributed by atoms with Crippen LogP contribution in [0.2, 0.25) is 0 Å². The molecule has 5 atom stereocenters. The maximum absolute atomic E-state index is 13.6. The molecule has 1 aliphatic rings. The number of carbonyl (C=O) groups is 3. The Morgan fingerprint density at radius 3 is 2.25 bits per heavy atom. The SMILES string of the molecule is CCC(C)N1CCCCC1C(=O)N[C@H](C(=O)N(C)[C@H](C=C(C)C(=O)O)C(C)C)[C@@H](C)CC. The summed E-state index contributed by atoms with van der Waals surface area (Å²) in [4.78, 5) is 42.1. The summed E-state index contributed by atoms with van der Waals surface area (Å²) >= 11 is 0. The number of likely N-dealkylation sites (tertiary alicyclic amines) is 1. The van der Waals surface area contributed by atoms with Gasteiger partial charge in [-0.2, -0.15) is 0 Å². The van der Waals surface area contributed by atoms with Gasteiger partial charge in [0.2, 0.25) is 11.8 Å². The molecule has 1 saturated heterocycles. The van der Waals surface area contributed by atoms with Gasteiger partial charge in [-0.15, -0.1) is 0 Å². The number of carboxylic acids is 1. The van der Waals surface area contributed by atoms with Crippen molar-refractivity contribution in [2.75, 3.05) is 13.6 Å². The third-order valence-corrected chi connectivity index (χ3v) is 7.02. The molecule has 1 fully saturated rings. The number of amides is 2. The number of carboxylic acid groups (broad SMARTS) is 1. The van der Waals surface area contributed by atoms with Crippen LogP contribution in [0.25, 0.3) is 0 Å². The molecule has 7 nitrogen and oxygen atoms in total. The van der Waals surface area contributed by atoms with E-state index >= 15 is 0 Å². The molecule has 0 bridgehead atoms. The molecule has 0 spiro atoms. The molecule has 0 aromatic carbocycles. The predicted octanol–water partition coefficient (Wildman–Crippen LogP) is 3.68. The maximum atomic E-state index is 13.6. The Kier molecular flexibility index (Phi) is 11.4. The summed E-state index contributed by atoms with van der Waals surface area (Å²) in [6, 6.07) is -0.898. The van der Waals surface area contributed by atoms with Crippen LogP contribution in [0.5, 0.6) is 0 Å². The van der Waals surface area contributed by atoms with Crippen molar-refractivity contribution in [2.24, 2.45) is 11.8 Å². The van der Waals surface area contributed by atoms with Crippen LogP contribution in [-0.2, 0) is 14.4 Å². The summed E-state index contributed by atoms with van der Waals surface area (Å²) < 4.78 is 0. The molecule has 0 aromatic rings. The largest absolute Gasteiger partial charge is 0.478 e. The summed E-state index contributed by atoms with van der Waals surface area (Å²) in [6.45, 7) is 14.6. The summed E-state index contributed by atoms with van der Waals surface area (Å²) in [5, 5.41) is 12.4. The number of piperidine rings is 1. The maximum Gasteiger partial charge on any atom is 0.331 e. The van der Waals surface area contributed by atoms with E-state index < -0.39 is 12.0 Å². The van der Waals surface area contributed by atoms with Gasteiger partial charge in [0.25, 0.3) is 0 Å². The van der Waals surface area contributed by atoms with Gasteiger partial charge in [0.05, 0.1) is 12.1 Å². The summed E-state index contributed by atoms with van der Waals surface area (Å²) in [5.74, 6) is -1.24. The van der Waals surface area contributed by atoms with Crippen molar-refractivity contribution in [3.8, 4) is 0 Å². The van der Waals surface area contributed by atoms with E-state index in [2.05, 4.69) is 24.1 Å². The Morgan fingerprint density at radius 2 is 1.75 bits per heavy atom. The van der Waals surface area contributed by atoms with Gasteiger partial charge in [0.1, 0.15) is 6.04 Å². The highest BCUT2D eigenvalue weighted by Gasteiger charge is 2.36. The van der Waals surface area contributed by atoms with Gasteiger partial charge in [-0.1, -0.05) is 53.5 Å². The molecule has 2 unspecified atom stereocenters. The van der Waals surface area contributed by atoms with E-state index in [9.17, 15) is 19.5 Å². The van der Waals surface area contributed by atoms with E-state index in [1.807, 2.05) is 27.7 Å². The zero-order valence-electron chi connectivity index (χ0n) is 21.4. The number of hydrogen-bond acceptors (Lipinski definition) is 4. The zero-order valence-corrected chi connectivity index (χ0v) is 21.4. The lowest BCUT2D eigenvalue weighted by Gasteiger charge is -2.40. The van der Waals surface area contributed by atoms with Gasteiger partial charge in [-0.3, -0.25) is 14.5 Å². The number of nitrogens with zero attached hydrogens (tertiary/aromatic N) is 2. The van der Waals surface area contributed by atoms with Crippen LogP contribution in [0.1, 0.15) is 80.6 Å². The minimum Gasteiger partial charge on any atom is -0.478 e. The van der Waals surface area contributed by atoms with Gasteiger partial charge in [0, 0.05) is 18.7 Å². The van der Waals surface area contributed by atoms with Crippen molar-refractivity contribution in [3.05, 3.63) is 11.6 Å². The lowest BCUT2D eigenvalue weighted by Crippen LogP contribution is -2.59. The number of carbonyl (C=O) groups excluding carboxylic acids is 2.